The lowest BCUT2D eigenvalue weighted by Crippen LogP contribution is -2.20. The van der Waals surface area contributed by atoms with Gasteiger partial charge in [0.05, 0.1) is 23.9 Å². The minimum absolute atomic E-state index is 0.228. The van der Waals surface area contributed by atoms with Crippen molar-refractivity contribution in [3.63, 3.8) is 0 Å². The molecule has 0 amide bonds. The highest BCUT2D eigenvalue weighted by molar-refractivity contribution is 5.69. The topological polar surface area (TPSA) is 39.1 Å². The first-order valence-corrected chi connectivity index (χ1v) is 5.58. The van der Waals surface area contributed by atoms with Gasteiger partial charge in [-0.15, -0.1) is 0 Å². The van der Waals surface area contributed by atoms with Crippen LogP contribution in [0.4, 0.5) is 11.4 Å². The number of nitrogens with zero attached hydrogens (tertiary/aromatic N) is 2. The van der Waals surface area contributed by atoms with Gasteiger partial charge >= 0.3 is 0 Å². The summed E-state index contributed by atoms with van der Waals surface area (Å²) in [6, 6.07) is 10.6. The Bertz CT molecular complexity index is 366. The maximum atomic E-state index is 8.72. The van der Waals surface area contributed by atoms with Crippen LogP contribution < -0.4 is 10.2 Å². The fraction of sp³-hybridized carbons (Fsp3) is 0.462. The number of benzene rings is 1. The van der Waals surface area contributed by atoms with Crippen molar-refractivity contribution in [1.82, 2.24) is 0 Å². The maximum absolute atomic E-state index is 8.72. The summed E-state index contributed by atoms with van der Waals surface area (Å²) in [5.74, 6) is 0. The molecule has 0 aromatic heterocycles. The molecule has 0 bridgehead atoms. The first kappa shape index (κ1) is 12.4. The summed E-state index contributed by atoms with van der Waals surface area (Å²) in [7, 11) is 4.04. The lowest BCUT2D eigenvalue weighted by Gasteiger charge is -2.22. The molecule has 86 valence electrons. The molecular weight excluding hydrogens is 198 g/mol. The Hall–Kier alpha value is -1.69. The van der Waals surface area contributed by atoms with Crippen LogP contribution in [-0.2, 0) is 0 Å². The largest absolute Gasteiger partial charge is 0.380 e. The smallest absolute Gasteiger partial charge is 0.0643 e. The van der Waals surface area contributed by atoms with E-state index >= 15 is 0 Å². The van der Waals surface area contributed by atoms with Gasteiger partial charge in [0.15, 0.2) is 0 Å². The van der Waals surface area contributed by atoms with Crippen LogP contribution in [0.2, 0.25) is 0 Å². The van der Waals surface area contributed by atoms with E-state index in [2.05, 4.69) is 35.3 Å². The third-order valence-corrected chi connectivity index (χ3v) is 2.58. The quantitative estimate of drug-likeness (QED) is 0.824. The van der Waals surface area contributed by atoms with Crippen molar-refractivity contribution in [3.05, 3.63) is 24.3 Å². The van der Waals surface area contributed by atoms with Gasteiger partial charge in [-0.1, -0.05) is 19.1 Å². The maximum Gasteiger partial charge on any atom is 0.0643 e. The third kappa shape index (κ3) is 3.16. The average molecular weight is 217 g/mol. The zero-order chi connectivity index (χ0) is 12.0. The van der Waals surface area contributed by atoms with Crippen LogP contribution >= 0.6 is 0 Å². The Morgan fingerprint density at radius 2 is 2.06 bits per heavy atom. The van der Waals surface area contributed by atoms with Gasteiger partial charge in [-0.2, -0.15) is 5.26 Å². The molecule has 0 spiro atoms. The van der Waals surface area contributed by atoms with E-state index in [1.54, 1.807) is 0 Å². The number of hydrogen-bond donors (Lipinski definition) is 1. The summed E-state index contributed by atoms with van der Waals surface area (Å²) in [4.78, 5) is 2.07. The number of rotatable bonds is 5. The second kappa shape index (κ2) is 6.02. The summed E-state index contributed by atoms with van der Waals surface area (Å²) < 4.78 is 0. The molecule has 16 heavy (non-hydrogen) atoms. The molecule has 0 fully saturated rings. The molecule has 3 heteroatoms. The molecule has 0 radical (unpaired) electrons. The van der Waals surface area contributed by atoms with Crippen molar-refractivity contribution >= 4 is 11.4 Å². The molecule has 1 unspecified atom stereocenters. The SMILES string of the molecule is CCC(CC#N)Nc1ccccc1N(C)C. The predicted octanol–water partition coefficient (Wildman–Crippen LogP) is 2.86. The highest BCUT2D eigenvalue weighted by Gasteiger charge is 2.09. The van der Waals surface area contributed by atoms with Crippen LogP contribution in [0.1, 0.15) is 19.8 Å². The molecule has 0 heterocycles. The van der Waals surface area contributed by atoms with Crippen molar-refractivity contribution in [2.24, 2.45) is 0 Å². The zero-order valence-corrected chi connectivity index (χ0v) is 10.2. The number of hydrogen-bond acceptors (Lipinski definition) is 3. The summed E-state index contributed by atoms with van der Waals surface area (Å²) in [5.41, 5.74) is 2.24. The van der Waals surface area contributed by atoms with Crippen LogP contribution in [0.3, 0.4) is 0 Å². The van der Waals surface area contributed by atoms with E-state index in [9.17, 15) is 0 Å². The minimum atomic E-state index is 0.228. The molecule has 1 aromatic rings. The van der Waals surface area contributed by atoms with Gasteiger partial charge < -0.3 is 10.2 Å². The molecule has 0 aliphatic heterocycles. The van der Waals surface area contributed by atoms with Gasteiger partial charge in [-0.05, 0) is 18.6 Å². The Morgan fingerprint density at radius 3 is 2.62 bits per heavy atom. The number of nitriles is 1. The Morgan fingerprint density at radius 1 is 1.38 bits per heavy atom. The van der Waals surface area contributed by atoms with E-state index in [0.29, 0.717) is 6.42 Å². The van der Waals surface area contributed by atoms with E-state index in [1.807, 2.05) is 26.2 Å². The average Bonchev–Trinajstić information content (AvgIpc) is 2.29. The molecular formula is C13H19N3. The lowest BCUT2D eigenvalue weighted by molar-refractivity contribution is 0.711. The van der Waals surface area contributed by atoms with Crippen LogP contribution in [0.5, 0.6) is 0 Å². The van der Waals surface area contributed by atoms with E-state index < -0.39 is 0 Å². The van der Waals surface area contributed by atoms with Crippen molar-refractivity contribution in [3.8, 4) is 6.07 Å². The third-order valence-electron chi connectivity index (χ3n) is 2.58. The number of anilines is 2. The summed E-state index contributed by atoms with van der Waals surface area (Å²) >= 11 is 0. The fourth-order valence-electron chi connectivity index (χ4n) is 1.61. The van der Waals surface area contributed by atoms with Crippen molar-refractivity contribution in [2.75, 3.05) is 24.3 Å². The van der Waals surface area contributed by atoms with Gasteiger partial charge in [0.25, 0.3) is 0 Å². The number of para-hydroxylation sites is 2. The first-order valence-electron chi connectivity index (χ1n) is 5.58. The molecule has 1 aromatic carbocycles. The second-order valence-electron chi connectivity index (χ2n) is 4.02. The van der Waals surface area contributed by atoms with Crippen LogP contribution in [0, 0.1) is 11.3 Å². The van der Waals surface area contributed by atoms with Gasteiger partial charge in [-0.3, -0.25) is 0 Å². The van der Waals surface area contributed by atoms with Crippen LogP contribution in [-0.4, -0.2) is 20.1 Å². The summed E-state index contributed by atoms with van der Waals surface area (Å²) in [6.45, 7) is 2.09. The Kier molecular flexibility index (Phi) is 4.65. The number of nitrogens with one attached hydrogen (secondary N) is 1. The second-order valence-corrected chi connectivity index (χ2v) is 4.02. The summed E-state index contributed by atoms with van der Waals surface area (Å²) in [5, 5.41) is 12.1. The molecule has 0 aliphatic rings. The highest BCUT2D eigenvalue weighted by atomic mass is 15.1. The van der Waals surface area contributed by atoms with E-state index in [0.717, 1.165) is 17.8 Å². The zero-order valence-electron chi connectivity index (χ0n) is 10.2. The Labute approximate surface area is 97.7 Å². The molecule has 0 saturated carbocycles. The minimum Gasteiger partial charge on any atom is -0.380 e. The van der Waals surface area contributed by atoms with Crippen LogP contribution in [0.25, 0.3) is 0 Å². The van der Waals surface area contributed by atoms with E-state index in [1.165, 1.54) is 0 Å². The van der Waals surface area contributed by atoms with Crippen LogP contribution in [0.15, 0.2) is 24.3 Å². The molecule has 0 aliphatic carbocycles. The van der Waals surface area contributed by atoms with Gasteiger partial charge in [0.1, 0.15) is 0 Å². The molecule has 1 N–H and O–H groups in total. The molecule has 0 saturated heterocycles. The van der Waals surface area contributed by atoms with E-state index in [4.69, 9.17) is 5.26 Å². The van der Waals surface area contributed by atoms with Gasteiger partial charge in [-0.25, -0.2) is 0 Å². The highest BCUT2D eigenvalue weighted by Crippen LogP contribution is 2.24. The van der Waals surface area contributed by atoms with Crippen molar-refractivity contribution in [1.29, 1.82) is 5.26 Å². The molecule has 3 nitrogen and oxygen atoms in total. The monoisotopic (exact) mass is 217 g/mol. The van der Waals surface area contributed by atoms with Crippen molar-refractivity contribution in [2.45, 2.75) is 25.8 Å². The molecule has 1 rings (SSSR count). The normalized spacial score (nSPS) is 11.6. The van der Waals surface area contributed by atoms with Crippen molar-refractivity contribution < 1.29 is 0 Å². The standard InChI is InChI=1S/C13H19N3/c1-4-11(9-10-14)15-12-7-5-6-8-13(12)16(2)3/h5-8,11,15H,4,9H2,1-3H3. The van der Waals surface area contributed by atoms with E-state index in [-0.39, 0.29) is 6.04 Å². The summed E-state index contributed by atoms with van der Waals surface area (Å²) in [6.07, 6.45) is 1.49. The fourth-order valence-corrected chi connectivity index (χ4v) is 1.61. The lowest BCUT2D eigenvalue weighted by atomic mass is 10.1. The van der Waals surface area contributed by atoms with Gasteiger partial charge in [0, 0.05) is 20.1 Å². The first-order chi connectivity index (χ1) is 7.69. The van der Waals surface area contributed by atoms with Gasteiger partial charge in [0.2, 0.25) is 0 Å². The molecule has 1 atom stereocenters. The Balaban J connectivity index is 2.83. The predicted molar refractivity (Wildman–Crippen MR) is 68.7 cm³/mol.